The first-order valence-electron chi connectivity index (χ1n) is 7.45. The molecular weight excluding hydrogens is 262 g/mol. The molecule has 0 amide bonds. The molecule has 1 heterocycles. The van der Waals surface area contributed by atoms with Gasteiger partial charge < -0.3 is 4.98 Å². The minimum absolute atomic E-state index is 0.0699. The molecule has 0 bridgehead atoms. The first-order chi connectivity index (χ1) is 10.1. The van der Waals surface area contributed by atoms with Crippen LogP contribution in [0, 0.1) is 0 Å². The molecule has 0 radical (unpaired) electrons. The van der Waals surface area contributed by atoms with Crippen molar-refractivity contribution in [2.75, 3.05) is 6.54 Å². The lowest BCUT2D eigenvalue weighted by molar-refractivity contribution is 0.267. The zero-order valence-electron chi connectivity index (χ0n) is 13.0. The minimum atomic E-state index is -0.0699. The maximum atomic E-state index is 11.7. The topological polar surface area (TPSA) is 49.0 Å². The second-order valence-corrected chi connectivity index (χ2v) is 5.57. The molecule has 1 aromatic carbocycles. The molecule has 1 aromatic heterocycles. The van der Waals surface area contributed by atoms with Crippen LogP contribution in [0.4, 0.5) is 0 Å². The van der Waals surface area contributed by atoms with Crippen molar-refractivity contribution in [3.8, 4) is 0 Å². The third kappa shape index (κ3) is 4.53. The third-order valence-electron chi connectivity index (χ3n) is 3.44. The summed E-state index contributed by atoms with van der Waals surface area (Å²) in [6.45, 7) is 8.66. The lowest BCUT2D eigenvalue weighted by atomic mass is 10.2. The van der Waals surface area contributed by atoms with E-state index in [1.807, 2.05) is 32.0 Å². The van der Waals surface area contributed by atoms with Gasteiger partial charge in [-0.05, 0) is 12.1 Å². The van der Waals surface area contributed by atoms with E-state index in [4.69, 9.17) is 0 Å². The van der Waals surface area contributed by atoms with Gasteiger partial charge in [0, 0.05) is 25.1 Å². The number of hydrogen-bond donors (Lipinski definition) is 1. The zero-order chi connectivity index (χ0) is 15.2. The largest absolute Gasteiger partial charge is 0.310 e. The third-order valence-corrected chi connectivity index (χ3v) is 3.44. The molecule has 0 aliphatic heterocycles. The predicted octanol–water partition coefficient (Wildman–Crippen LogP) is 2.92. The zero-order valence-corrected chi connectivity index (χ0v) is 13.0. The van der Waals surface area contributed by atoms with Crippen molar-refractivity contribution in [1.82, 2.24) is 14.9 Å². The summed E-state index contributed by atoms with van der Waals surface area (Å²) >= 11 is 0. The molecule has 2 aromatic rings. The van der Waals surface area contributed by atoms with Crippen molar-refractivity contribution < 1.29 is 0 Å². The number of nitrogens with zero attached hydrogens (tertiary/aromatic N) is 2. The van der Waals surface area contributed by atoms with E-state index < -0.39 is 0 Å². The number of aromatic amines is 1. The summed E-state index contributed by atoms with van der Waals surface area (Å²) < 4.78 is 0. The summed E-state index contributed by atoms with van der Waals surface area (Å²) in [6.07, 6.45) is 0. The van der Waals surface area contributed by atoms with Crippen LogP contribution < -0.4 is 5.56 Å². The normalized spacial score (nSPS) is 11.3. The van der Waals surface area contributed by atoms with Gasteiger partial charge in [-0.25, -0.2) is 4.98 Å². The second-order valence-electron chi connectivity index (χ2n) is 5.57. The van der Waals surface area contributed by atoms with Crippen LogP contribution >= 0.6 is 0 Å². The number of hydrogen-bond acceptors (Lipinski definition) is 3. The Morgan fingerprint density at radius 2 is 1.90 bits per heavy atom. The Balaban J connectivity index is 2.13. The Morgan fingerprint density at radius 3 is 2.52 bits per heavy atom. The van der Waals surface area contributed by atoms with Crippen molar-refractivity contribution >= 4 is 0 Å². The Bertz CT molecular complexity index is 619. The molecule has 0 spiro atoms. The quantitative estimate of drug-likeness (QED) is 0.887. The van der Waals surface area contributed by atoms with Crippen LogP contribution in [0.1, 0.15) is 43.8 Å². The number of rotatable bonds is 6. The Morgan fingerprint density at radius 1 is 1.19 bits per heavy atom. The van der Waals surface area contributed by atoms with Crippen molar-refractivity contribution in [3.05, 3.63) is 63.8 Å². The molecule has 0 fully saturated rings. The number of benzene rings is 1. The number of H-pyrrole nitrogens is 1. The van der Waals surface area contributed by atoms with Crippen molar-refractivity contribution in [1.29, 1.82) is 0 Å². The van der Waals surface area contributed by atoms with Gasteiger partial charge in [0.25, 0.3) is 5.56 Å². The summed E-state index contributed by atoms with van der Waals surface area (Å²) in [6, 6.07) is 11.9. The Kier molecular flexibility index (Phi) is 5.28. The van der Waals surface area contributed by atoms with E-state index in [1.54, 1.807) is 6.07 Å². The van der Waals surface area contributed by atoms with Crippen molar-refractivity contribution in [3.63, 3.8) is 0 Å². The molecule has 1 N–H and O–H groups in total. The van der Waals surface area contributed by atoms with E-state index in [2.05, 4.69) is 33.9 Å². The van der Waals surface area contributed by atoms with Gasteiger partial charge in [-0.15, -0.1) is 0 Å². The lowest BCUT2D eigenvalue weighted by Crippen LogP contribution is -2.25. The van der Waals surface area contributed by atoms with Crippen LogP contribution in [0.25, 0.3) is 0 Å². The van der Waals surface area contributed by atoms with Gasteiger partial charge in [0.15, 0.2) is 0 Å². The molecule has 0 aliphatic rings. The van der Waals surface area contributed by atoms with E-state index in [9.17, 15) is 4.79 Å². The molecule has 4 heteroatoms. The maximum Gasteiger partial charge on any atom is 0.251 e. The van der Waals surface area contributed by atoms with E-state index in [1.165, 1.54) is 5.56 Å². The summed E-state index contributed by atoms with van der Waals surface area (Å²) in [7, 11) is 0. The lowest BCUT2D eigenvalue weighted by Gasteiger charge is -2.20. The maximum absolute atomic E-state index is 11.7. The molecular formula is C17H23N3O. The molecule has 112 valence electrons. The van der Waals surface area contributed by atoms with Crippen LogP contribution in [0.2, 0.25) is 0 Å². The molecule has 0 saturated heterocycles. The fourth-order valence-corrected chi connectivity index (χ4v) is 2.23. The smallest absolute Gasteiger partial charge is 0.251 e. The Labute approximate surface area is 125 Å². The summed E-state index contributed by atoms with van der Waals surface area (Å²) in [5.74, 6) is 0.982. The van der Waals surface area contributed by atoms with Gasteiger partial charge in [0.2, 0.25) is 0 Å². The predicted molar refractivity (Wildman–Crippen MR) is 85.2 cm³/mol. The van der Waals surface area contributed by atoms with Crippen molar-refractivity contribution in [2.45, 2.75) is 39.8 Å². The summed E-state index contributed by atoms with van der Waals surface area (Å²) in [5.41, 5.74) is 2.04. The van der Waals surface area contributed by atoms with E-state index >= 15 is 0 Å². The number of aromatic nitrogens is 2. The van der Waals surface area contributed by atoms with Crippen LogP contribution in [-0.4, -0.2) is 21.4 Å². The van der Waals surface area contributed by atoms with E-state index in [0.29, 0.717) is 6.54 Å². The summed E-state index contributed by atoms with van der Waals surface area (Å²) in [5, 5.41) is 0. The molecule has 0 atom stereocenters. The molecule has 2 rings (SSSR count). The first kappa shape index (κ1) is 15.4. The molecule has 4 nitrogen and oxygen atoms in total. The van der Waals surface area contributed by atoms with Gasteiger partial charge in [0.1, 0.15) is 5.82 Å². The average Bonchev–Trinajstić information content (AvgIpc) is 2.47. The van der Waals surface area contributed by atoms with E-state index in [-0.39, 0.29) is 11.5 Å². The molecule has 0 unspecified atom stereocenters. The summed E-state index contributed by atoms with van der Waals surface area (Å²) in [4.78, 5) is 21.4. The minimum Gasteiger partial charge on any atom is -0.310 e. The monoisotopic (exact) mass is 285 g/mol. The van der Waals surface area contributed by atoms with Gasteiger partial charge >= 0.3 is 0 Å². The van der Waals surface area contributed by atoms with Crippen LogP contribution in [0.5, 0.6) is 0 Å². The highest BCUT2D eigenvalue weighted by atomic mass is 16.1. The number of nitrogens with one attached hydrogen (secondary N) is 1. The molecule has 21 heavy (non-hydrogen) atoms. The van der Waals surface area contributed by atoms with Crippen LogP contribution in [-0.2, 0) is 13.1 Å². The fraction of sp³-hybridized carbons (Fsp3) is 0.412. The van der Waals surface area contributed by atoms with Gasteiger partial charge in [-0.3, -0.25) is 9.69 Å². The molecule has 0 aliphatic carbocycles. The SMILES string of the molecule is CCN(Cc1ccccc1)Cc1cc(=O)[nH]c(C(C)C)n1. The fourth-order valence-electron chi connectivity index (χ4n) is 2.23. The van der Waals surface area contributed by atoms with E-state index in [0.717, 1.165) is 24.6 Å². The van der Waals surface area contributed by atoms with Crippen molar-refractivity contribution in [2.24, 2.45) is 0 Å². The highest BCUT2D eigenvalue weighted by Crippen LogP contribution is 2.10. The standard InChI is InChI=1S/C17H23N3O/c1-4-20(11-14-8-6-5-7-9-14)12-15-10-16(21)19-17(18-15)13(2)3/h5-10,13H,4,11-12H2,1-3H3,(H,18,19,21). The van der Waals surface area contributed by atoms with Crippen LogP contribution in [0.15, 0.2) is 41.2 Å². The highest BCUT2D eigenvalue weighted by molar-refractivity contribution is 5.14. The molecule has 0 saturated carbocycles. The average molecular weight is 285 g/mol. The highest BCUT2D eigenvalue weighted by Gasteiger charge is 2.09. The first-order valence-corrected chi connectivity index (χ1v) is 7.45. The van der Waals surface area contributed by atoms with Crippen LogP contribution in [0.3, 0.4) is 0 Å². The van der Waals surface area contributed by atoms with Gasteiger partial charge in [-0.2, -0.15) is 0 Å². The van der Waals surface area contributed by atoms with Gasteiger partial charge in [-0.1, -0.05) is 51.1 Å². The second kappa shape index (κ2) is 7.18. The Hall–Kier alpha value is -1.94. The van der Waals surface area contributed by atoms with Gasteiger partial charge in [0.05, 0.1) is 5.69 Å².